The first-order chi connectivity index (χ1) is 18.3. The number of aromatic amines is 1. The van der Waals surface area contributed by atoms with E-state index in [0.717, 1.165) is 28.1 Å². The number of carbonyl (C=O) groups excluding carboxylic acids is 1. The third-order valence-corrected chi connectivity index (χ3v) is 6.96. The molecule has 4 aromatic rings. The van der Waals surface area contributed by atoms with E-state index < -0.39 is 17.6 Å². The second-order valence-electron chi connectivity index (χ2n) is 9.45. The molecule has 3 aromatic carbocycles. The number of amides is 1. The molecule has 1 aliphatic heterocycles. The summed E-state index contributed by atoms with van der Waals surface area (Å²) in [5.41, 5.74) is 8.74. The number of anilines is 1. The molecule has 9 heteroatoms. The number of carbonyl (C=O) groups is 1. The zero-order valence-electron chi connectivity index (χ0n) is 20.8. The second kappa shape index (κ2) is 10.8. The van der Waals surface area contributed by atoms with Crippen molar-refractivity contribution in [3.63, 3.8) is 0 Å². The highest BCUT2D eigenvalue weighted by Crippen LogP contribution is 2.32. The Kier molecular flexibility index (Phi) is 7.28. The van der Waals surface area contributed by atoms with Crippen LogP contribution in [0.4, 0.5) is 18.9 Å². The second-order valence-corrected chi connectivity index (χ2v) is 9.45. The standard InChI is InChI=1S/C29H29F3N4O2/c30-29(31,32)21-7-4-8-22(17-21)36-15-13-35(14-16-36)12-11-24-25-18-23(38-19-20-5-2-1-3-6-20)9-10-26(25)34-27(24)28(33)37/h1-10,17-18,34H,11-16,19H2,(H2,33,37). The highest BCUT2D eigenvalue weighted by Gasteiger charge is 2.31. The van der Waals surface area contributed by atoms with Crippen LogP contribution in [-0.4, -0.2) is 48.5 Å². The maximum absolute atomic E-state index is 13.1. The Bertz CT molecular complexity index is 1410. The van der Waals surface area contributed by atoms with Gasteiger partial charge in [-0.15, -0.1) is 0 Å². The average molecular weight is 523 g/mol. The van der Waals surface area contributed by atoms with E-state index >= 15 is 0 Å². The molecule has 1 aliphatic rings. The lowest BCUT2D eigenvalue weighted by Crippen LogP contribution is -2.47. The van der Waals surface area contributed by atoms with E-state index in [1.807, 2.05) is 53.4 Å². The Morgan fingerprint density at radius 1 is 0.947 bits per heavy atom. The van der Waals surface area contributed by atoms with Gasteiger partial charge in [-0.2, -0.15) is 13.2 Å². The first-order valence-electron chi connectivity index (χ1n) is 12.5. The van der Waals surface area contributed by atoms with Gasteiger partial charge in [-0.25, -0.2) is 0 Å². The van der Waals surface area contributed by atoms with Crippen LogP contribution in [0.2, 0.25) is 0 Å². The minimum Gasteiger partial charge on any atom is -0.489 e. The molecule has 198 valence electrons. The summed E-state index contributed by atoms with van der Waals surface area (Å²) in [4.78, 5) is 19.6. The fraction of sp³-hybridized carbons (Fsp3) is 0.276. The predicted molar refractivity (Wildman–Crippen MR) is 141 cm³/mol. The number of nitrogens with one attached hydrogen (secondary N) is 1. The SMILES string of the molecule is NC(=O)c1[nH]c2ccc(OCc3ccccc3)cc2c1CCN1CCN(c2cccc(C(F)(F)F)c2)CC1. The Morgan fingerprint density at radius 2 is 1.71 bits per heavy atom. The fourth-order valence-electron chi connectivity index (χ4n) is 4.91. The molecule has 0 bridgehead atoms. The van der Waals surface area contributed by atoms with E-state index in [1.54, 1.807) is 6.07 Å². The van der Waals surface area contributed by atoms with Gasteiger partial charge in [-0.1, -0.05) is 36.4 Å². The van der Waals surface area contributed by atoms with Crippen LogP contribution in [0.15, 0.2) is 72.8 Å². The Hall–Kier alpha value is -3.98. The number of H-pyrrole nitrogens is 1. The molecule has 0 aliphatic carbocycles. The smallest absolute Gasteiger partial charge is 0.416 e. The van der Waals surface area contributed by atoms with E-state index in [9.17, 15) is 18.0 Å². The molecule has 3 N–H and O–H groups in total. The van der Waals surface area contributed by atoms with Crippen LogP contribution in [0.1, 0.15) is 27.2 Å². The van der Waals surface area contributed by atoms with E-state index in [1.165, 1.54) is 12.1 Å². The third-order valence-electron chi connectivity index (χ3n) is 6.96. The quantitative estimate of drug-likeness (QED) is 0.332. The number of fused-ring (bicyclic) bond motifs is 1. The minimum absolute atomic E-state index is 0.391. The van der Waals surface area contributed by atoms with E-state index in [4.69, 9.17) is 10.5 Å². The molecule has 1 fully saturated rings. The number of piperazine rings is 1. The van der Waals surface area contributed by atoms with Gasteiger partial charge >= 0.3 is 6.18 Å². The van der Waals surface area contributed by atoms with Gasteiger partial charge in [0.25, 0.3) is 5.91 Å². The lowest BCUT2D eigenvalue weighted by atomic mass is 10.1. The predicted octanol–water partition coefficient (Wildman–Crippen LogP) is 5.23. The largest absolute Gasteiger partial charge is 0.489 e. The van der Waals surface area contributed by atoms with Gasteiger partial charge in [0.1, 0.15) is 18.1 Å². The maximum atomic E-state index is 13.1. The lowest BCUT2D eigenvalue weighted by molar-refractivity contribution is -0.137. The summed E-state index contributed by atoms with van der Waals surface area (Å²) in [6, 6.07) is 21.0. The molecule has 6 nitrogen and oxygen atoms in total. The molecule has 0 radical (unpaired) electrons. The van der Waals surface area contributed by atoms with Crippen molar-refractivity contribution < 1.29 is 22.7 Å². The molecule has 38 heavy (non-hydrogen) atoms. The van der Waals surface area contributed by atoms with Gasteiger partial charge in [0.05, 0.1) is 5.56 Å². The van der Waals surface area contributed by atoms with Crippen LogP contribution in [0, 0.1) is 0 Å². The van der Waals surface area contributed by atoms with Gasteiger partial charge in [0.15, 0.2) is 0 Å². The molecule has 0 saturated carbocycles. The summed E-state index contributed by atoms with van der Waals surface area (Å²) in [6.07, 6.45) is -3.76. The third kappa shape index (κ3) is 5.78. The number of hydrogen-bond donors (Lipinski definition) is 2. The number of hydrogen-bond acceptors (Lipinski definition) is 4. The summed E-state index contributed by atoms with van der Waals surface area (Å²) < 4.78 is 45.3. The molecule has 5 rings (SSSR count). The van der Waals surface area contributed by atoms with Crippen molar-refractivity contribution >= 4 is 22.5 Å². The van der Waals surface area contributed by atoms with Crippen LogP contribution < -0.4 is 15.4 Å². The van der Waals surface area contributed by atoms with E-state index in [2.05, 4.69) is 9.88 Å². The molecular weight excluding hydrogens is 493 g/mol. The molecule has 1 saturated heterocycles. The van der Waals surface area contributed by atoms with E-state index in [-0.39, 0.29) is 0 Å². The molecular formula is C29H29F3N4O2. The Labute approximate surface area is 218 Å². The highest BCUT2D eigenvalue weighted by molar-refractivity contribution is 6.00. The summed E-state index contributed by atoms with van der Waals surface area (Å²) in [7, 11) is 0. The van der Waals surface area contributed by atoms with Gasteiger partial charge in [0.2, 0.25) is 0 Å². The van der Waals surface area contributed by atoms with Crippen LogP contribution in [0.25, 0.3) is 10.9 Å². The van der Waals surface area contributed by atoms with Gasteiger partial charge < -0.3 is 20.4 Å². The molecule has 0 unspecified atom stereocenters. The number of halogens is 3. The van der Waals surface area contributed by atoms with Crippen molar-refractivity contribution in [3.05, 3.63) is 95.2 Å². The summed E-state index contributed by atoms with van der Waals surface area (Å²) in [5, 5.41) is 0.895. The monoisotopic (exact) mass is 522 g/mol. The number of nitrogens with two attached hydrogens (primary N) is 1. The van der Waals surface area contributed by atoms with Crippen molar-refractivity contribution in [2.45, 2.75) is 19.2 Å². The van der Waals surface area contributed by atoms with Gasteiger partial charge in [0, 0.05) is 49.3 Å². The summed E-state index contributed by atoms with van der Waals surface area (Å²) in [6.45, 7) is 3.78. The lowest BCUT2D eigenvalue weighted by Gasteiger charge is -2.36. The van der Waals surface area contributed by atoms with Crippen LogP contribution in [-0.2, 0) is 19.2 Å². The fourth-order valence-corrected chi connectivity index (χ4v) is 4.91. The summed E-state index contributed by atoms with van der Waals surface area (Å²) in [5.74, 6) is 0.185. The summed E-state index contributed by atoms with van der Waals surface area (Å²) >= 11 is 0. The number of aromatic nitrogens is 1. The first-order valence-corrected chi connectivity index (χ1v) is 12.5. The van der Waals surface area contributed by atoms with Crippen molar-refractivity contribution in [1.29, 1.82) is 0 Å². The Balaban J connectivity index is 1.25. The minimum atomic E-state index is -4.36. The molecule has 1 amide bonds. The highest BCUT2D eigenvalue weighted by atomic mass is 19.4. The van der Waals surface area contributed by atoms with Crippen molar-refractivity contribution in [2.75, 3.05) is 37.6 Å². The number of primary amides is 1. The van der Waals surface area contributed by atoms with Crippen molar-refractivity contribution in [2.24, 2.45) is 5.73 Å². The van der Waals surface area contributed by atoms with Crippen molar-refractivity contribution in [1.82, 2.24) is 9.88 Å². The number of nitrogens with zero attached hydrogens (tertiary/aromatic N) is 2. The van der Waals surface area contributed by atoms with Crippen LogP contribution in [0.3, 0.4) is 0 Å². The zero-order valence-corrected chi connectivity index (χ0v) is 20.8. The maximum Gasteiger partial charge on any atom is 0.416 e. The zero-order chi connectivity index (χ0) is 26.7. The van der Waals surface area contributed by atoms with Crippen molar-refractivity contribution in [3.8, 4) is 5.75 Å². The van der Waals surface area contributed by atoms with Crippen LogP contribution in [0.5, 0.6) is 5.75 Å². The number of ether oxygens (including phenoxy) is 1. The molecule has 0 spiro atoms. The van der Waals surface area contributed by atoms with E-state index in [0.29, 0.717) is 62.9 Å². The average Bonchev–Trinajstić information content (AvgIpc) is 3.29. The Morgan fingerprint density at radius 3 is 2.42 bits per heavy atom. The normalized spacial score (nSPS) is 14.7. The van der Waals surface area contributed by atoms with Gasteiger partial charge in [-0.05, 0) is 53.9 Å². The molecule has 0 atom stereocenters. The van der Waals surface area contributed by atoms with Crippen LogP contribution >= 0.6 is 0 Å². The number of alkyl halides is 3. The molecule has 1 aromatic heterocycles. The first kappa shape index (κ1) is 25.7. The molecule has 2 heterocycles. The topological polar surface area (TPSA) is 74.6 Å². The number of rotatable bonds is 8. The van der Waals surface area contributed by atoms with Gasteiger partial charge in [-0.3, -0.25) is 9.69 Å². The number of benzene rings is 3.